The van der Waals surface area contributed by atoms with E-state index in [1.54, 1.807) is 4.90 Å². The molecule has 1 atom stereocenters. The smallest absolute Gasteiger partial charge is 0.410 e. The number of hydrogen-bond acceptors (Lipinski definition) is 5. The minimum absolute atomic E-state index is 0.00107. The highest BCUT2D eigenvalue weighted by Crippen LogP contribution is 2.25. The SMILES string of the molecule is Cc1cccc(C[C@@H](OC(=O)N2CCC(N3CCc4ccccc4NC3=O)CC2)C(=O)N=C=C=CC=C=C=N)c1. The standard InChI is InChI=1S/C31H31N5O4/c1-23-9-8-10-24(21-23)22-28(29(37)33-17-7-3-2-6-16-32)40-31(39)35-18-14-26(15-19-35)36-20-13-25-11-4-5-12-27(25)34-30(36)38/h2-5,8-12,21,26,28,32H,13-15,18-20,22H2,1H3,(H,34,38)/t28-/m1/s1. The average molecular weight is 538 g/mol. The molecule has 204 valence electrons. The Kier molecular flexibility index (Phi) is 9.68. The van der Waals surface area contributed by atoms with E-state index in [4.69, 9.17) is 10.1 Å². The summed E-state index contributed by atoms with van der Waals surface area (Å²) in [6.45, 7) is 3.37. The van der Waals surface area contributed by atoms with Gasteiger partial charge in [-0.05, 0) is 67.0 Å². The number of likely N-dealkylation sites (tertiary alicyclic amines) is 1. The van der Waals surface area contributed by atoms with E-state index in [-0.39, 0.29) is 18.5 Å². The molecule has 0 aliphatic carbocycles. The zero-order valence-electron chi connectivity index (χ0n) is 22.4. The third-order valence-electron chi connectivity index (χ3n) is 6.88. The van der Waals surface area contributed by atoms with Crippen molar-refractivity contribution >= 4 is 35.5 Å². The van der Waals surface area contributed by atoms with E-state index in [2.05, 4.69) is 27.6 Å². The summed E-state index contributed by atoms with van der Waals surface area (Å²) in [6.07, 6.45) is 3.19. The lowest BCUT2D eigenvalue weighted by atomic mass is 10.0. The first-order valence-corrected chi connectivity index (χ1v) is 13.2. The molecule has 40 heavy (non-hydrogen) atoms. The summed E-state index contributed by atoms with van der Waals surface area (Å²) >= 11 is 0. The van der Waals surface area contributed by atoms with Crippen LogP contribution in [0.5, 0.6) is 0 Å². The van der Waals surface area contributed by atoms with Crippen molar-refractivity contribution in [3.05, 3.63) is 88.8 Å². The molecule has 0 saturated carbocycles. The van der Waals surface area contributed by atoms with Crippen LogP contribution in [-0.4, -0.2) is 71.4 Å². The molecule has 2 heterocycles. The first-order chi connectivity index (χ1) is 19.4. The number of nitrogens with zero attached hydrogens (tertiary/aromatic N) is 3. The first-order valence-electron chi connectivity index (χ1n) is 13.2. The van der Waals surface area contributed by atoms with Crippen LogP contribution in [0.3, 0.4) is 0 Å². The Morgan fingerprint density at radius 2 is 1.90 bits per heavy atom. The maximum absolute atomic E-state index is 13.1. The zero-order chi connectivity index (χ0) is 28.3. The lowest BCUT2D eigenvalue weighted by Crippen LogP contribution is -2.50. The summed E-state index contributed by atoms with van der Waals surface area (Å²) in [4.78, 5) is 46.1. The molecule has 2 aliphatic heterocycles. The fourth-order valence-electron chi connectivity index (χ4n) is 4.85. The monoisotopic (exact) mass is 537 g/mol. The van der Waals surface area contributed by atoms with Gasteiger partial charge in [0.05, 0.1) is 0 Å². The Balaban J connectivity index is 1.39. The number of piperidine rings is 1. The molecule has 1 fully saturated rings. The van der Waals surface area contributed by atoms with E-state index in [0.717, 1.165) is 28.8 Å². The number of para-hydroxylation sites is 1. The molecule has 2 aromatic carbocycles. The van der Waals surface area contributed by atoms with Gasteiger partial charge in [0, 0.05) is 49.5 Å². The van der Waals surface area contributed by atoms with Crippen LogP contribution in [-0.2, 0) is 22.4 Å². The Hall–Kier alpha value is -4.89. The van der Waals surface area contributed by atoms with Crippen LogP contribution in [0.1, 0.15) is 29.5 Å². The summed E-state index contributed by atoms with van der Waals surface area (Å²) < 4.78 is 5.67. The quantitative estimate of drug-likeness (QED) is 0.322. The highest BCUT2D eigenvalue weighted by atomic mass is 16.6. The van der Waals surface area contributed by atoms with E-state index in [1.807, 2.05) is 66.2 Å². The maximum Gasteiger partial charge on any atom is 0.410 e. The van der Waals surface area contributed by atoms with Gasteiger partial charge in [-0.25, -0.2) is 9.59 Å². The Morgan fingerprint density at radius 3 is 2.67 bits per heavy atom. The van der Waals surface area contributed by atoms with Gasteiger partial charge in [0.1, 0.15) is 0 Å². The van der Waals surface area contributed by atoms with Crippen molar-refractivity contribution in [3.63, 3.8) is 0 Å². The second kappa shape index (κ2) is 13.8. The molecule has 4 amide bonds. The molecule has 0 bridgehead atoms. The highest BCUT2D eigenvalue weighted by molar-refractivity contribution is 5.91. The third kappa shape index (κ3) is 7.58. The summed E-state index contributed by atoms with van der Waals surface area (Å²) in [5.41, 5.74) is 8.77. The van der Waals surface area contributed by atoms with Crippen molar-refractivity contribution in [2.24, 2.45) is 4.99 Å². The third-order valence-corrected chi connectivity index (χ3v) is 6.88. The Morgan fingerprint density at radius 1 is 1.12 bits per heavy atom. The van der Waals surface area contributed by atoms with Crippen LogP contribution in [0.25, 0.3) is 0 Å². The molecular formula is C31H31N5O4. The fourth-order valence-corrected chi connectivity index (χ4v) is 4.85. The van der Waals surface area contributed by atoms with Crippen LogP contribution in [0.2, 0.25) is 0 Å². The number of carbonyl (C=O) groups excluding carboxylic acids is 3. The average Bonchev–Trinajstić information content (AvgIpc) is 3.12. The fraction of sp³-hybridized carbons (Fsp3) is 0.323. The normalized spacial score (nSPS) is 15.5. The number of benzene rings is 2. The van der Waals surface area contributed by atoms with Crippen LogP contribution >= 0.6 is 0 Å². The highest BCUT2D eigenvalue weighted by Gasteiger charge is 2.33. The summed E-state index contributed by atoms with van der Waals surface area (Å²) in [5.74, 6) is 3.70. The van der Waals surface area contributed by atoms with Crippen molar-refractivity contribution in [1.82, 2.24) is 9.80 Å². The molecule has 9 nitrogen and oxygen atoms in total. The Bertz CT molecular complexity index is 1450. The minimum Gasteiger partial charge on any atom is -0.435 e. The van der Waals surface area contributed by atoms with Crippen LogP contribution in [0, 0.1) is 12.3 Å². The second-order valence-electron chi connectivity index (χ2n) is 9.62. The number of ether oxygens (including phenoxy) is 1. The number of allylic oxidation sites excluding steroid dienone is 2. The number of carbonyl (C=O) groups is 3. The van der Waals surface area contributed by atoms with Crippen LogP contribution < -0.4 is 5.32 Å². The van der Waals surface area contributed by atoms with Gasteiger partial charge in [0.2, 0.25) is 0 Å². The molecule has 2 aromatic rings. The van der Waals surface area contributed by atoms with Crippen molar-refractivity contribution < 1.29 is 19.1 Å². The molecule has 0 spiro atoms. The molecule has 2 N–H and O–H groups in total. The molecule has 0 unspecified atom stereocenters. The molecular weight excluding hydrogens is 506 g/mol. The molecule has 9 heteroatoms. The number of nitrogens with one attached hydrogen (secondary N) is 2. The Labute approximate surface area is 233 Å². The lowest BCUT2D eigenvalue weighted by molar-refractivity contribution is -0.126. The number of aliphatic imine (C=N–C) groups is 1. The topological polar surface area (TPSA) is 115 Å². The molecule has 0 aromatic heterocycles. The van der Waals surface area contributed by atoms with E-state index < -0.39 is 18.1 Å². The van der Waals surface area contributed by atoms with Gasteiger partial charge in [0.25, 0.3) is 5.91 Å². The molecule has 4 rings (SSSR count). The largest absolute Gasteiger partial charge is 0.435 e. The van der Waals surface area contributed by atoms with Crippen molar-refractivity contribution in [3.8, 4) is 0 Å². The van der Waals surface area contributed by atoms with Gasteiger partial charge >= 0.3 is 12.1 Å². The predicted octanol–water partition coefficient (Wildman–Crippen LogP) is 4.46. The number of anilines is 1. The van der Waals surface area contributed by atoms with Gasteiger partial charge in [-0.2, -0.15) is 4.99 Å². The summed E-state index contributed by atoms with van der Waals surface area (Å²) in [7, 11) is 0. The van der Waals surface area contributed by atoms with Gasteiger partial charge < -0.3 is 19.9 Å². The minimum atomic E-state index is -1.13. The number of urea groups is 1. The first kappa shape index (κ1) is 28.1. The van der Waals surface area contributed by atoms with Gasteiger partial charge in [0.15, 0.2) is 6.10 Å². The summed E-state index contributed by atoms with van der Waals surface area (Å²) in [6, 6.07) is 15.3. The van der Waals surface area contributed by atoms with Crippen LogP contribution in [0.15, 0.2) is 77.1 Å². The second-order valence-corrected chi connectivity index (χ2v) is 9.62. The number of aryl methyl sites for hydroxylation is 1. The van der Waals surface area contributed by atoms with E-state index in [0.29, 0.717) is 32.5 Å². The van der Waals surface area contributed by atoms with Crippen molar-refractivity contribution in [1.29, 1.82) is 5.41 Å². The predicted molar refractivity (Wildman–Crippen MR) is 152 cm³/mol. The number of fused-ring (bicyclic) bond motifs is 1. The van der Waals surface area contributed by atoms with Crippen LogP contribution in [0.4, 0.5) is 15.3 Å². The number of rotatable bonds is 6. The molecule has 0 radical (unpaired) electrons. The van der Waals surface area contributed by atoms with Gasteiger partial charge in [-0.1, -0.05) is 48.0 Å². The molecule has 1 saturated heterocycles. The van der Waals surface area contributed by atoms with E-state index in [1.165, 1.54) is 12.2 Å². The van der Waals surface area contributed by atoms with Gasteiger partial charge in [-0.15, -0.1) is 0 Å². The van der Waals surface area contributed by atoms with E-state index in [9.17, 15) is 14.4 Å². The van der Waals surface area contributed by atoms with Crippen molar-refractivity contribution in [2.45, 2.75) is 44.8 Å². The molecule has 2 aliphatic rings. The summed E-state index contributed by atoms with van der Waals surface area (Å²) in [5, 5.41) is 9.78. The van der Waals surface area contributed by atoms with Crippen molar-refractivity contribution in [2.75, 3.05) is 25.0 Å². The zero-order valence-corrected chi connectivity index (χ0v) is 22.4. The maximum atomic E-state index is 13.1. The lowest BCUT2D eigenvalue weighted by Gasteiger charge is -2.37. The number of hydrogen-bond donors (Lipinski definition) is 2. The van der Waals surface area contributed by atoms with E-state index >= 15 is 0 Å². The number of amides is 4. The van der Waals surface area contributed by atoms with Gasteiger partial charge in [-0.3, -0.25) is 10.2 Å².